The Hall–Kier alpha value is -2.50. The van der Waals surface area contributed by atoms with Crippen molar-refractivity contribution in [3.8, 4) is 0 Å². The molecule has 1 aliphatic heterocycles. The number of carboxylic acid groups (broad SMARTS) is 2. The number of ether oxygens (including phenoxy) is 1. The zero-order chi connectivity index (χ0) is 23.1. The number of halogens is 1. The summed E-state index contributed by atoms with van der Waals surface area (Å²) >= 11 is 8.07. The fourth-order valence-corrected chi connectivity index (χ4v) is 4.17. The van der Waals surface area contributed by atoms with Gasteiger partial charge < -0.3 is 25.2 Å². The quantitative estimate of drug-likeness (QED) is 0.461. The Morgan fingerprint density at radius 2 is 1.71 bits per heavy atom. The number of aliphatic hydroxyl groups excluding tert-OH is 2. The van der Waals surface area contributed by atoms with Crippen LogP contribution >= 0.6 is 22.9 Å². The van der Waals surface area contributed by atoms with Gasteiger partial charge in [0.05, 0.1) is 7.11 Å². The highest BCUT2D eigenvalue weighted by Crippen LogP contribution is 2.33. The summed E-state index contributed by atoms with van der Waals surface area (Å²) in [6, 6.07) is 9.16. The molecule has 0 spiro atoms. The molecule has 0 saturated carbocycles. The second kappa shape index (κ2) is 11.2. The summed E-state index contributed by atoms with van der Waals surface area (Å²) in [5.41, 5.74) is 2.11. The predicted molar refractivity (Wildman–Crippen MR) is 112 cm³/mol. The van der Waals surface area contributed by atoms with Crippen LogP contribution < -0.4 is 0 Å². The number of hydrogen-bond donors (Lipinski definition) is 4. The Bertz CT molecular complexity index is 915. The minimum absolute atomic E-state index is 0.262. The fraction of sp³-hybridized carbons (Fsp3) is 0.350. The van der Waals surface area contributed by atoms with E-state index in [2.05, 4.69) is 16.3 Å². The molecular weight excluding hydrogens is 450 g/mol. The van der Waals surface area contributed by atoms with Crippen molar-refractivity contribution in [1.29, 1.82) is 0 Å². The molecule has 0 saturated heterocycles. The molecule has 0 amide bonds. The number of carbonyl (C=O) groups is 3. The number of thiophene rings is 1. The lowest BCUT2D eigenvalue weighted by atomic mass is 10.0. The number of fused-ring (bicyclic) bond motifs is 1. The number of carbonyl (C=O) groups excluding carboxylic acids is 1. The SMILES string of the molecule is COC(=O)[C@@H](c1ccccc1Cl)N1CCc2sccc2C1.O=C(O)C(O)C(O)C(=O)O. The molecule has 3 atom stereocenters. The van der Waals surface area contributed by atoms with E-state index in [0.717, 1.165) is 25.1 Å². The van der Waals surface area contributed by atoms with Crippen LogP contribution in [0.2, 0.25) is 5.02 Å². The number of carboxylic acids is 2. The summed E-state index contributed by atoms with van der Waals surface area (Å²) in [4.78, 5) is 35.4. The molecule has 0 radical (unpaired) electrons. The van der Waals surface area contributed by atoms with Crippen molar-refractivity contribution in [3.63, 3.8) is 0 Å². The molecular formula is C20H22ClNO8S. The molecule has 0 bridgehead atoms. The fourth-order valence-electron chi connectivity index (χ4n) is 3.04. The van der Waals surface area contributed by atoms with Gasteiger partial charge in [-0.15, -0.1) is 11.3 Å². The van der Waals surface area contributed by atoms with E-state index < -0.39 is 30.2 Å². The molecule has 3 rings (SSSR count). The molecule has 1 aliphatic rings. The van der Waals surface area contributed by atoms with E-state index in [1.165, 1.54) is 17.6 Å². The van der Waals surface area contributed by atoms with E-state index in [4.69, 9.17) is 36.8 Å². The molecule has 1 aromatic heterocycles. The van der Waals surface area contributed by atoms with Gasteiger partial charge >= 0.3 is 17.9 Å². The first kappa shape index (κ1) is 24.8. The third-order valence-corrected chi connectivity index (χ3v) is 6.00. The average Bonchev–Trinajstić information content (AvgIpc) is 3.22. The molecule has 1 aromatic carbocycles. The molecule has 4 N–H and O–H groups in total. The summed E-state index contributed by atoms with van der Waals surface area (Å²) < 4.78 is 5.01. The third-order valence-electron chi connectivity index (χ3n) is 4.63. The van der Waals surface area contributed by atoms with Crippen LogP contribution in [0.1, 0.15) is 22.0 Å². The summed E-state index contributed by atoms with van der Waals surface area (Å²) in [5, 5.41) is 35.2. The monoisotopic (exact) mass is 471 g/mol. The number of benzene rings is 1. The number of rotatable bonds is 6. The number of aliphatic hydroxyl groups is 2. The Morgan fingerprint density at radius 3 is 2.26 bits per heavy atom. The average molecular weight is 472 g/mol. The van der Waals surface area contributed by atoms with Gasteiger partial charge in [-0.25, -0.2) is 14.4 Å². The van der Waals surface area contributed by atoms with Crippen LogP contribution in [-0.2, 0) is 32.1 Å². The maximum absolute atomic E-state index is 12.3. The first-order valence-electron chi connectivity index (χ1n) is 9.10. The van der Waals surface area contributed by atoms with Crippen molar-refractivity contribution < 1.29 is 39.5 Å². The topological polar surface area (TPSA) is 145 Å². The molecule has 0 fully saturated rings. The predicted octanol–water partition coefficient (Wildman–Crippen LogP) is 1.55. The minimum atomic E-state index is -2.27. The minimum Gasteiger partial charge on any atom is -0.479 e. The van der Waals surface area contributed by atoms with Gasteiger partial charge in [-0.3, -0.25) is 4.90 Å². The number of nitrogens with zero attached hydrogens (tertiary/aromatic N) is 1. The smallest absolute Gasteiger partial charge is 0.335 e. The van der Waals surface area contributed by atoms with Gasteiger partial charge in [0.25, 0.3) is 0 Å². The lowest BCUT2D eigenvalue weighted by Crippen LogP contribution is -2.39. The van der Waals surface area contributed by atoms with Crippen LogP contribution in [0.3, 0.4) is 0 Å². The van der Waals surface area contributed by atoms with E-state index in [-0.39, 0.29) is 5.97 Å². The van der Waals surface area contributed by atoms with E-state index in [1.54, 1.807) is 11.3 Å². The second-order valence-corrected chi connectivity index (χ2v) is 8.01. The van der Waals surface area contributed by atoms with Crippen LogP contribution in [0.5, 0.6) is 0 Å². The van der Waals surface area contributed by atoms with Gasteiger partial charge in [0.1, 0.15) is 6.04 Å². The van der Waals surface area contributed by atoms with Gasteiger partial charge in [0.2, 0.25) is 0 Å². The standard InChI is InChI=1S/C16H16ClNO2S.C4H6O6/c1-20-16(19)15(12-4-2-3-5-13(12)17)18-8-6-14-11(10-18)7-9-21-14;5-1(3(7)8)2(6)4(9)10/h2-5,7,9,15H,6,8,10H2,1H3;1-2,5-6H,(H,7,8)(H,9,10)/t15-;/m1./s1. The lowest BCUT2D eigenvalue weighted by molar-refractivity contribution is -0.165. The van der Waals surface area contributed by atoms with E-state index >= 15 is 0 Å². The zero-order valence-electron chi connectivity index (χ0n) is 16.5. The van der Waals surface area contributed by atoms with Crippen molar-refractivity contribution >= 4 is 40.8 Å². The molecule has 2 unspecified atom stereocenters. The Balaban J connectivity index is 0.000000291. The van der Waals surface area contributed by atoms with Crippen molar-refractivity contribution in [3.05, 3.63) is 56.7 Å². The zero-order valence-corrected chi connectivity index (χ0v) is 18.0. The van der Waals surface area contributed by atoms with Crippen molar-refractivity contribution in [2.75, 3.05) is 13.7 Å². The van der Waals surface area contributed by atoms with Gasteiger partial charge in [0.15, 0.2) is 12.2 Å². The maximum atomic E-state index is 12.3. The lowest BCUT2D eigenvalue weighted by Gasteiger charge is -2.33. The summed E-state index contributed by atoms with van der Waals surface area (Å²) in [5.74, 6) is -3.80. The molecule has 2 aromatic rings. The molecule has 0 aliphatic carbocycles. The van der Waals surface area contributed by atoms with E-state index in [0.29, 0.717) is 5.02 Å². The third kappa shape index (κ3) is 6.25. The van der Waals surface area contributed by atoms with Crippen LogP contribution in [0.25, 0.3) is 0 Å². The van der Waals surface area contributed by atoms with Crippen molar-refractivity contribution in [2.45, 2.75) is 31.2 Å². The normalized spacial score (nSPS) is 16.1. The van der Waals surface area contributed by atoms with Gasteiger partial charge in [-0.1, -0.05) is 29.8 Å². The molecule has 9 nitrogen and oxygen atoms in total. The highest BCUT2D eigenvalue weighted by Gasteiger charge is 2.32. The van der Waals surface area contributed by atoms with Crippen molar-refractivity contribution in [2.24, 2.45) is 0 Å². The summed E-state index contributed by atoms with van der Waals surface area (Å²) in [6.45, 7) is 1.59. The Labute approximate surface area is 187 Å². The Morgan fingerprint density at radius 1 is 1.10 bits per heavy atom. The molecule has 31 heavy (non-hydrogen) atoms. The number of esters is 1. The highest BCUT2D eigenvalue weighted by atomic mass is 35.5. The first-order valence-corrected chi connectivity index (χ1v) is 10.4. The van der Waals surface area contributed by atoms with Gasteiger partial charge in [0, 0.05) is 23.0 Å². The number of methoxy groups -OCH3 is 1. The van der Waals surface area contributed by atoms with Crippen LogP contribution in [-0.4, -0.2) is 69.1 Å². The van der Waals surface area contributed by atoms with Crippen LogP contribution in [0.15, 0.2) is 35.7 Å². The molecule has 11 heteroatoms. The first-order chi connectivity index (χ1) is 14.7. The van der Waals surface area contributed by atoms with Crippen molar-refractivity contribution in [1.82, 2.24) is 4.90 Å². The van der Waals surface area contributed by atoms with E-state index in [1.807, 2.05) is 24.3 Å². The number of aliphatic carboxylic acids is 2. The van der Waals surface area contributed by atoms with E-state index in [9.17, 15) is 14.4 Å². The maximum Gasteiger partial charge on any atom is 0.335 e. The van der Waals surface area contributed by atoms with Gasteiger partial charge in [-0.05, 0) is 35.1 Å². The number of hydrogen-bond acceptors (Lipinski definition) is 8. The second-order valence-electron chi connectivity index (χ2n) is 6.60. The molecule has 168 valence electrons. The Kier molecular flexibility index (Phi) is 8.96. The largest absolute Gasteiger partial charge is 0.479 e. The van der Waals surface area contributed by atoms with Gasteiger partial charge in [-0.2, -0.15) is 0 Å². The highest BCUT2D eigenvalue weighted by molar-refractivity contribution is 7.10. The summed E-state index contributed by atoms with van der Waals surface area (Å²) in [7, 11) is 1.42. The molecule has 2 heterocycles. The van der Waals surface area contributed by atoms with Crippen LogP contribution in [0, 0.1) is 0 Å². The summed E-state index contributed by atoms with van der Waals surface area (Å²) in [6.07, 6.45) is -3.57. The van der Waals surface area contributed by atoms with Crippen LogP contribution in [0.4, 0.5) is 0 Å².